The lowest BCUT2D eigenvalue weighted by Gasteiger charge is -2.40. The van der Waals surface area contributed by atoms with Gasteiger partial charge in [-0.05, 0) is 71.9 Å². The number of aliphatic hydroxyl groups excluding tert-OH is 2. The average molecular weight is 473 g/mol. The predicted octanol–water partition coefficient (Wildman–Crippen LogP) is 6.52. The fourth-order valence-corrected chi connectivity index (χ4v) is 5.51. The van der Waals surface area contributed by atoms with Gasteiger partial charge in [-0.1, -0.05) is 52.4 Å². The van der Waals surface area contributed by atoms with Crippen molar-refractivity contribution in [2.45, 2.75) is 90.2 Å². The van der Waals surface area contributed by atoms with Crippen LogP contribution in [0.25, 0.3) is 0 Å². The molecule has 180 valence electrons. The van der Waals surface area contributed by atoms with Crippen LogP contribution in [-0.2, 0) is 28.0 Å². The van der Waals surface area contributed by atoms with E-state index < -0.39 is 11.6 Å². The molecule has 33 heavy (non-hydrogen) atoms. The zero-order valence-corrected chi connectivity index (χ0v) is 21.6. The number of rotatable bonds is 7. The lowest BCUT2D eigenvalue weighted by atomic mass is 9.80. The number of hydrogen-bond donors (Lipinski definition) is 2. The van der Waals surface area contributed by atoms with E-state index in [4.69, 9.17) is 9.15 Å². The van der Waals surface area contributed by atoms with Crippen LogP contribution in [0.4, 0.5) is 0 Å². The minimum atomic E-state index is -0.765. The first-order valence-electron chi connectivity index (χ1n) is 11.5. The van der Waals surface area contributed by atoms with Gasteiger partial charge >= 0.3 is 5.97 Å². The van der Waals surface area contributed by atoms with Crippen LogP contribution in [0.5, 0.6) is 0 Å². The Balaban J connectivity index is 1.93. The molecule has 1 unspecified atom stereocenters. The first-order chi connectivity index (χ1) is 15.4. The van der Waals surface area contributed by atoms with Crippen molar-refractivity contribution < 1.29 is 24.2 Å². The monoisotopic (exact) mass is 472 g/mol. The Labute approximate surface area is 201 Å². The normalized spacial score (nSPS) is 19.4. The minimum Gasteiger partial charge on any atom is -0.511 e. The van der Waals surface area contributed by atoms with Gasteiger partial charge in [0.2, 0.25) is 0 Å². The summed E-state index contributed by atoms with van der Waals surface area (Å²) >= 11 is 1.26. The molecular formula is C27H36O5S. The highest BCUT2D eigenvalue weighted by Crippen LogP contribution is 2.45. The molecule has 1 aliphatic rings. The largest absolute Gasteiger partial charge is 0.511 e. The average Bonchev–Trinajstić information content (AvgIpc) is 3.13. The van der Waals surface area contributed by atoms with Crippen molar-refractivity contribution in [3.8, 4) is 0 Å². The molecule has 0 saturated heterocycles. The Morgan fingerprint density at radius 2 is 1.82 bits per heavy atom. The molecule has 0 bridgehead atoms. The number of carbonyl (C=O) groups excluding carboxylic acids is 1. The van der Waals surface area contributed by atoms with Gasteiger partial charge < -0.3 is 19.4 Å². The molecular weight excluding hydrogens is 436 g/mol. The minimum absolute atomic E-state index is 0.0388. The summed E-state index contributed by atoms with van der Waals surface area (Å²) in [6.45, 7) is 14.2. The molecule has 2 aromatic rings. The van der Waals surface area contributed by atoms with Crippen LogP contribution in [0.1, 0.15) is 75.3 Å². The zero-order valence-electron chi connectivity index (χ0n) is 20.7. The van der Waals surface area contributed by atoms with E-state index in [1.165, 1.54) is 11.8 Å². The SMILES string of the molecule is Cc1cc(SC2=C(O)CC(CCc3cocc3C)(C(C)C)OC2=O)c(C(C)(C)C)cc1CO. The van der Waals surface area contributed by atoms with Gasteiger partial charge in [-0.15, -0.1) is 0 Å². The van der Waals surface area contributed by atoms with Gasteiger partial charge in [0.15, 0.2) is 0 Å². The number of thioether (sulfide) groups is 1. The van der Waals surface area contributed by atoms with Gasteiger partial charge in [0.05, 0.1) is 19.1 Å². The molecule has 3 rings (SSSR count). The Morgan fingerprint density at radius 1 is 1.12 bits per heavy atom. The number of hydrogen-bond acceptors (Lipinski definition) is 6. The molecule has 2 heterocycles. The summed E-state index contributed by atoms with van der Waals surface area (Å²) in [5.41, 5.74) is 4.03. The number of aryl methyl sites for hydroxylation is 3. The van der Waals surface area contributed by atoms with Gasteiger partial charge in [0.25, 0.3) is 0 Å². The summed E-state index contributed by atoms with van der Waals surface area (Å²) in [6, 6.07) is 3.98. The molecule has 2 N–H and O–H groups in total. The van der Waals surface area contributed by atoms with Crippen molar-refractivity contribution in [2.24, 2.45) is 5.92 Å². The number of cyclic esters (lactones) is 1. The number of ether oxygens (including phenoxy) is 1. The maximum atomic E-state index is 13.2. The predicted molar refractivity (Wildman–Crippen MR) is 131 cm³/mol. The van der Waals surface area contributed by atoms with E-state index >= 15 is 0 Å². The lowest BCUT2D eigenvalue weighted by molar-refractivity contribution is -0.164. The number of benzene rings is 1. The molecule has 6 heteroatoms. The van der Waals surface area contributed by atoms with Crippen LogP contribution < -0.4 is 0 Å². The van der Waals surface area contributed by atoms with E-state index in [0.717, 1.165) is 32.7 Å². The highest BCUT2D eigenvalue weighted by molar-refractivity contribution is 8.04. The van der Waals surface area contributed by atoms with Crippen LogP contribution in [-0.4, -0.2) is 21.8 Å². The fourth-order valence-electron chi connectivity index (χ4n) is 4.27. The van der Waals surface area contributed by atoms with Crippen LogP contribution in [0.2, 0.25) is 0 Å². The molecule has 0 spiro atoms. The third-order valence-corrected chi connectivity index (χ3v) is 7.83. The molecule has 5 nitrogen and oxygen atoms in total. The molecule has 1 aromatic carbocycles. The molecule has 0 radical (unpaired) electrons. The molecule has 0 aliphatic carbocycles. The van der Waals surface area contributed by atoms with Crippen molar-refractivity contribution in [2.75, 3.05) is 0 Å². The van der Waals surface area contributed by atoms with E-state index in [-0.39, 0.29) is 35.0 Å². The van der Waals surface area contributed by atoms with Crippen LogP contribution in [0, 0.1) is 19.8 Å². The number of furan rings is 1. The van der Waals surface area contributed by atoms with Crippen LogP contribution in [0.15, 0.2) is 44.6 Å². The molecule has 0 fully saturated rings. The number of aliphatic hydroxyl groups is 2. The Kier molecular flexibility index (Phi) is 7.39. The van der Waals surface area contributed by atoms with Crippen LogP contribution in [0.3, 0.4) is 0 Å². The maximum absolute atomic E-state index is 13.2. The summed E-state index contributed by atoms with van der Waals surface area (Å²) in [6.07, 6.45) is 5.05. The van der Waals surface area contributed by atoms with Gasteiger partial charge in [-0.25, -0.2) is 4.79 Å². The summed E-state index contributed by atoms with van der Waals surface area (Å²) in [5.74, 6) is -0.360. The van der Waals surface area contributed by atoms with E-state index in [2.05, 4.69) is 20.8 Å². The highest BCUT2D eigenvalue weighted by atomic mass is 32.2. The van der Waals surface area contributed by atoms with E-state index in [0.29, 0.717) is 12.8 Å². The van der Waals surface area contributed by atoms with Gasteiger partial charge in [-0.3, -0.25) is 0 Å². The van der Waals surface area contributed by atoms with Crippen LogP contribution >= 0.6 is 11.8 Å². The maximum Gasteiger partial charge on any atom is 0.349 e. The fraction of sp³-hybridized carbons (Fsp3) is 0.519. The molecule has 1 aliphatic heterocycles. The summed E-state index contributed by atoms with van der Waals surface area (Å²) in [7, 11) is 0. The van der Waals surface area contributed by atoms with E-state index in [9.17, 15) is 15.0 Å². The first kappa shape index (κ1) is 25.4. The molecule has 1 atom stereocenters. The summed E-state index contributed by atoms with van der Waals surface area (Å²) in [4.78, 5) is 14.3. The van der Waals surface area contributed by atoms with Gasteiger partial charge in [0.1, 0.15) is 16.3 Å². The summed E-state index contributed by atoms with van der Waals surface area (Å²) in [5, 5.41) is 20.8. The Morgan fingerprint density at radius 3 is 2.33 bits per heavy atom. The van der Waals surface area contributed by atoms with Crippen molar-refractivity contribution in [1.82, 2.24) is 0 Å². The van der Waals surface area contributed by atoms with E-state index in [1.807, 2.05) is 39.8 Å². The zero-order chi connectivity index (χ0) is 24.6. The van der Waals surface area contributed by atoms with Gasteiger partial charge in [0, 0.05) is 11.3 Å². The Bertz CT molecular complexity index is 1060. The van der Waals surface area contributed by atoms with Crippen molar-refractivity contribution in [1.29, 1.82) is 0 Å². The molecule has 1 aromatic heterocycles. The second-order valence-corrected chi connectivity index (χ2v) is 11.5. The smallest absolute Gasteiger partial charge is 0.349 e. The Hall–Kier alpha value is -2.18. The first-order valence-corrected chi connectivity index (χ1v) is 12.3. The van der Waals surface area contributed by atoms with Crippen molar-refractivity contribution in [3.05, 3.63) is 63.1 Å². The second-order valence-electron chi connectivity index (χ2n) is 10.4. The quantitative estimate of drug-likeness (QED) is 0.446. The third kappa shape index (κ3) is 5.33. The third-order valence-electron chi connectivity index (χ3n) is 6.67. The van der Waals surface area contributed by atoms with Crippen molar-refractivity contribution >= 4 is 17.7 Å². The molecule has 0 amide bonds. The standard InChI is InChI=1S/C27H36O5S/c1-16(2)27(9-8-19-15-31-14-18(19)4)12-22(29)24(25(30)32-27)33-23-10-17(3)20(13-28)11-21(23)26(5,6)7/h10-11,14-16,28-29H,8-9,12-13H2,1-7H3. The molecule has 0 saturated carbocycles. The summed E-state index contributed by atoms with van der Waals surface area (Å²) < 4.78 is 11.4. The second kappa shape index (κ2) is 9.59. The van der Waals surface area contributed by atoms with Crippen molar-refractivity contribution in [3.63, 3.8) is 0 Å². The number of esters is 1. The number of carbonyl (C=O) groups is 1. The van der Waals surface area contributed by atoms with Gasteiger partial charge in [-0.2, -0.15) is 0 Å². The highest BCUT2D eigenvalue weighted by Gasteiger charge is 2.44. The topological polar surface area (TPSA) is 79.9 Å². The lowest BCUT2D eigenvalue weighted by Crippen LogP contribution is -2.44. The van der Waals surface area contributed by atoms with E-state index in [1.54, 1.807) is 12.5 Å².